The van der Waals surface area contributed by atoms with Gasteiger partial charge in [-0.1, -0.05) is 6.42 Å². The molecule has 1 aliphatic rings. The summed E-state index contributed by atoms with van der Waals surface area (Å²) in [5.41, 5.74) is 0. The van der Waals surface area contributed by atoms with Crippen LogP contribution in [-0.2, 0) is 31.4 Å². The molecule has 0 amide bonds. The van der Waals surface area contributed by atoms with Crippen LogP contribution in [0, 0.1) is 0 Å². The maximum absolute atomic E-state index is 4.92. The van der Waals surface area contributed by atoms with Gasteiger partial charge in [0.15, 0.2) is 0 Å². The van der Waals surface area contributed by atoms with Gasteiger partial charge < -0.3 is 17.1 Å². The number of nitrogens with zero attached hydrogens (tertiary/aromatic N) is 1. The molecule has 1 saturated heterocycles. The van der Waals surface area contributed by atoms with E-state index in [0.29, 0.717) is 0 Å². The van der Waals surface area contributed by atoms with E-state index in [2.05, 4.69) is 0 Å². The number of piperidine rings is 1. The first-order valence-corrected chi connectivity index (χ1v) is 3.18. The predicted octanol–water partition coefficient (Wildman–Crippen LogP) is 0.932. The fourth-order valence-corrected chi connectivity index (χ4v) is 1.12. The summed E-state index contributed by atoms with van der Waals surface area (Å²) in [7, 11) is 0. The second-order valence-corrected chi connectivity index (χ2v) is 2.51. The molecular weight excluding hydrogens is 157 g/mol. The summed E-state index contributed by atoms with van der Waals surface area (Å²) in [5.74, 6) is 0. The molecule has 0 saturated carbocycles. The molecule has 1 nitrogen and oxygen atoms in total. The average molecular weight is 167 g/mol. The molecule has 0 spiro atoms. The minimum atomic E-state index is 0. The fraction of sp³-hybridized carbons (Fsp3) is 1.00. The van der Waals surface area contributed by atoms with Gasteiger partial charge in [-0.05, 0) is 25.9 Å². The van der Waals surface area contributed by atoms with Gasteiger partial charge in [0.2, 0.25) is 0 Å². The minimum Gasteiger partial charge on any atom is -0.702 e. The first-order valence-electron chi connectivity index (χ1n) is 2.82. The first-order chi connectivity index (χ1) is 3.39. The Labute approximate surface area is 68.3 Å². The molecule has 1 heterocycles. The number of rotatable bonds is 0. The van der Waals surface area contributed by atoms with E-state index in [1.54, 1.807) is 0 Å². The topological polar surface area (TPSA) is 3.24 Å². The minimum absolute atomic E-state index is 0. The summed E-state index contributed by atoms with van der Waals surface area (Å²) in [6.45, 7) is 2.27. The Balaban J connectivity index is 0.000000490. The third-order valence-electron chi connectivity index (χ3n) is 1.32. The van der Waals surface area contributed by atoms with E-state index in [1.807, 2.05) is 4.31 Å². The van der Waals surface area contributed by atoms with Crippen molar-refractivity contribution >= 4 is 12.8 Å². The quantitative estimate of drug-likeness (QED) is 0.494. The number of hydrogen-bond acceptors (Lipinski definition) is 2. The van der Waals surface area contributed by atoms with Crippen molar-refractivity contribution in [1.82, 2.24) is 4.31 Å². The average Bonchev–Trinajstić information content (AvgIpc) is 1.69. The smallest absolute Gasteiger partial charge is 0 e. The molecule has 0 N–H and O–H groups in total. The Morgan fingerprint density at radius 2 is 1.50 bits per heavy atom. The van der Waals surface area contributed by atoms with Gasteiger partial charge in [-0.15, -0.1) is 0 Å². The van der Waals surface area contributed by atoms with Gasteiger partial charge >= 0.3 is 0 Å². The summed E-state index contributed by atoms with van der Waals surface area (Å²) in [5, 5.41) is 0. The molecule has 1 fully saturated rings. The fourth-order valence-electron chi connectivity index (χ4n) is 0.865. The molecule has 1 radical (unpaired) electrons. The van der Waals surface area contributed by atoms with Crippen LogP contribution >= 0.6 is 0 Å². The van der Waals surface area contributed by atoms with Crippen LogP contribution in [-0.4, -0.2) is 17.4 Å². The van der Waals surface area contributed by atoms with Crippen LogP contribution in [0.2, 0.25) is 0 Å². The van der Waals surface area contributed by atoms with Crippen molar-refractivity contribution in [2.24, 2.45) is 0 Å². The van der Waals surface area contributed by atoms with Crippen LogP contribution < -0.4 is 0 Å². The summed E-state index contributed by atoms with van der Waals surface area (Å²) in [4.78, 5) is 0. The molecule has 8 heavy (non-hydrogen) atoms. The van der Waals surface area contributed by atoms with Crippen molar-refractivity contribution in [3.05, 3.63) is 0 Å². The second-order valence-electron chi connectivity index (χ2n) is 1.99. The van der Waals surface area contributed by atoms with E-state index in [9.17, 15) is 0 Å². The molecule has 0 aromatic heterocycles. The van der Waals surface area contributed by atoms with Crippen LogP contribution in [0.15, 0.2) is 0 Å². The maximum atomic E-state index is 4.92. The molecule has 0 atom stereocenters. The van der Waals surface area contributed by atoms with Crippen molar-refractivity contribution in [3.63, 3.8) is 0 Å². The van der Waals surface area contributed by atoms with E-state index >= 15 is 0 Å². The second kappa shape index (κ2) is 4.74. The van der Waals surface area contributed by atoms with Crippen LogP contribution in [0.1, 0.15) is 19.3 Å². The third kappa shape index (κ3) is 3.03. The summed E-state index contributed by atoms with van der Waals surface area (Å²) in [6.07, 6.45) is 4.00. The molecule has 0 aromatic carbocycles. The maximum Gasteiger partial charge on any atom is 0 e. The van der Waals surface area contributed by atoms with Crippen molar-refractivity contribution in [2.75, 3.05) is 13.1 Å². The van der Waals surface area contributed by atoms with Crippen molar-refractivity contribution in [1.29, 1.82) is 0 Å². The molecule has 47 valence electrons. The molecule has 1 rings (SSSR count). The molecular formula is C5H10NSV-. The van der Waals surface area contributed by atoms with Crippen molar-refractivity contribution in [2.45, 2.75) is 19.3 Å². The van der Waals surface area contributed by atoms with Crippen LogP contribution in [0.25, 0.3) is 0 Å². The third-order valence-corrected chi connectivity index (χ3v) is 1.68. The van der Waals surface area contributed by atoms with Crippen LogP contribution in [0.5, 0.6) is 0 Å². The van der Waals surface area contributed by atoms with E-state index in [-0.39, 0.29) is 18.6 Å². The van der Waals surface area contributed by atoms with E-state index < -0.39 is 0 Å². The molecule has 0 unspecified atom stereocenters. The van der Waals surface area contributed by atoms with Gasteiger partial charge in [0.05, 0.1) is 0 Å². The van der Waals surface area contributed by atoms with Gasteiger partial charge in [-0.3, -0.25) is 0 Å². The largest absolute Gasteiger partial charge is 0.702 e. The van der Waals surface area contributed by atoms with Crippen molar-refractivity contribution in [3.8, 4) is 0 Å². The first kappa shape index (κ1) is 8.89. The monoisotopic (exact) mass is 167 g/mol. The SMILES string of the molecule is [S-]N1CCCCC1.[V]. The van der Waals surface area contributed by atoms with Gasteiger partial charge in [-0.25, -0.2) is 0 Å². The molecule has 0 aliphatic carbocycles. The summed E-state index contributed by atoms with van der Waals surface area (Å²) < 4.78 is 1.98. The molecule has 0 aromatic rings. The standard InChI is InChI=1S/C5H10NS.V/c7-6-4-2-1-3-5-6;/h1-5H2;/q-1;. The Morgan fingerprint density at radius 3 is 1.75 bits per heavy atom. The van der Waals surface area contributed by atoms with Crippen LogP contribution in [0.3, 0.4) is 0 Å². The van der Waals surface area contributed by atoms with Crippen LogP contribution in [0.4, 0.5) is 0 Å². The molecule has 0 bridgehead atoms. The van der Waals surface area contributed by atoms with Gasteiger partial charge in [-0.2, -0.15) is 0 Å². The van der Waals surface area contributed by atoms with E-state index in [0.717, 1.165) is 13.1 Å². The normalized spacial score (nSPS) is 22.1. The van der Waals surface area contributed by atoms with Gasteiger partial charge in [0.1, 0.15) is 0 Å². The Hall–Kier alpha value is 0.894. The van der Waals surface area contributed by atoms with Crippen molar-refractivity contribution < 1.29 is 18.6 Å². The zero-order chi connectivity index (χ0) is 5.11. The number of hydrogen-bond donors (Lipinski definition) is 0. The Bertz CT molecular complexity index is 54.4. The molecule has 1 aliphatic heterocycles. The molecule has 3 heteroatoms. The van der Waals surface area contributed by atoms with E-state index in [4.69, 9.17) is 12.8 Å². The Morgan fingerprint density at radius 1 is 1.00 bits per heavy atom. The Kier molecular flexibility index (Phi) is 5.27. The van der Waals surface area contributed by atoms with Gasteiger partial charge in [0.25, 0.3) is 0 Å². The predicted molar refractivity (Wildman–Crippen MR) is 32.8 cm³/mol. The zero-order valence-electron chi connectivity index (χ0n) is 4.84. The zero-order valence-corrected chi connectivity index (χ0v) is 7.05. The van der Waals surface area contributed by atoms with Gasteiger partial charge in [0, 0.05) is 18.6 Å². The van der Waals surface area contributed by atoms with E-state index in [1.165, 1.54) is 19.3 Å². The summed E-state index contributed by atoms with van der Waals surface area (Å²) in [6, 6.07) is 0. The summed E-state index contributed by atoms with van der Waals surface area (Å²) >= 11 is 4.92.